The van der Waals surface area contributed by atoms with Crippen molar-refractivity contribution in [2.45, 2.75) is 19.0 Å². The fraction of sp³-hybridized carbons (Fsp3) is 0.208. The summed E-state index contributed by atoms with van der Waals surface area (Å²) in [6, 6.07) is 20.2. The molecule has 0 atom stereocenters. The van der Waals surface area contributed by atoms with Crippen molar-refractivity contribution in [1.29, 1.82) is 0 Å². The molecule has 0 heterocycles. The zero-order valence-electron chi connectivity index (χ0n) is 16.7. The van der Waals surface area contributed by atoms with E-state index in [0.717, 1.165) is 11.3 Å². The molecule has 0 unspecified atom stereocenters. The van der Waals surface area contributed by atoms with Gasteiger partial charge in [-0.15, -0.1) is 0 Å². The van der Waals surface area contributed by atoms with Gasteiger partial charge in [0, 0.05) is 5.56 Å². The van der Waals surface area contributed by atoms with E-state index in [2.05, 4.69) is 4.99 Å². The molecule has 0 saturated carbocycles. The summed E-state index contributed by atoms with van der Waals surface area (Å²) in [7, 11) is 3.09. The summed E-state index contributed by atoms with van der Waals surface area (Å²) in [6.07, 6.45) is -3.52. The molecule has 0 fully saturated rings. The number of aryl methyl sites for hydroxylation is 2. The number of methoxy groups -OCH3 is 2. The van der Waals surface area contributed by atoms with Crippen LogP contribution in [0.1, 0.15) is 16.7 Å². The Morgan fingerprint density at radius 2 is 1.33 bits per heavy atom. The molecule has 0 bridgehead atoms. The number of hydrogen-bond acceptors (Lipinski definition) is 3. The second-order valence-corrected chi connectivity index (χ2v) is 6.66. The first-order valence-corrected chi connectivity index (χ1v) is 9.42. The first-order chi connectivity index (χ1) is 14.4. The van der Waals surface area contributed by atoms with Crippen molar-refractivity contribution in [2.75, 3.05) is 14.2 Å². The highest BCUT2D eigenvalue weighted by atomic mass is 19.4. The van der Waals surface area contributed by atoms with E-state index in [4.69, 9.17) is 9.47 Å². The van der Waals surface area contributed by atoms with Crippen LogP contribution >= 0.6 is 0 Å². The molecule has 3 aromatic carbocycles. The van der Waals surface area contributed by atoms with E-state index in [-0.39, 0.29) is 11.3 Å². The zero-order chi connectivity index (χ0) is 21.6. The van der Waals surface area contributed by atoms with Crippen LogP contribution in [0, 0.1) is 0 Å². The Kier molecular flexibility index (Phi) is 6.77. The van der Waals surface area contributed by atoms with Crippen LogP contribution < -0.4 is 9.47 Å². The summed E-state index contributed by atoms with van der Waals surface area (Å²) < 4.78 is 51.9. The molecule has 0 saturated heterocycles. The lowest BCUT2D eigenvalue weighted by Crippen LogP contribution is -2.25. The van der Waals surface area contributed by atoms with E-state index in [0.29, 0.717) is 24.2 Å². The molecule has 0 N–H and O–H groups in total. The van der Waals surface area contributed by atoms with Gasteiger partial charge in [-0.1, -0.05) is 36.4 Å². The second kappa shape index (κ2) is 9.48. The third kappa shape index (κ3) is 5.41. The standard InChI is InChI=1S/C24H22F3NO2/c1-29-20-13-8-17(9-14-20)7-10-18-5-3-4-6-22(18)23(24(25,26)27)28-19-11-15-21(30-2)16-12-19/h3-6,8-9,11-16H,7,10H2,1-2H3. The molecule has 0 spiro atoms. The third-order valence-electron chi connectivity index (χ3n) is 4.70. The normalized spacial score (nSPS) is 12.0. The van der Waals surface area contributed by atoms with Crippen LogP contribution in [0.2, 0.25) is 0 Å². The molecule has 3 nitrogen and oxygen atoms in total. The topological polar surface area (TPSA) is 30.8 Å². The molecule has 0 aliphatic heterocycles. The Morgan fingerprint density at radius 3 is 1.90 bits per heavy atom. The highest BCUT2D eigenvalue weighted by molar-refractivity contribution is 6.07. The monoisotopic (exact) mass is 413 g/mol. The lowest BCUT2D eigenvalue weighted by atomic mass is 9.96. The second-order valence-electron chi connectivity index (χ2n) is 6.66. The quantitative estimate of drug-likeness (QED) is 0.434. The van der Waals surface area contributed by atoms with Crippen molar-refractivity contribution in [2.24, 2.45) is 4.99 Å². The van der Waals surface area contributed by atoms with Crippen molar-refractivity contribution >= 4 is 11.4 Å². The fourth-order valence-electron chi connectivity index (χ4n) is 3.10. The van der Waals surface area contributed by atoms with Crippen molar-refractivity contribution in [3.63, 3.8) is 0 Å². The number of hydrogen-bond donors (Lipinski definition) is 0. The SMILES string of the molecule is COc1ccc(CCc2ccccc2C(=Nc2ccc(OC)cc2)C(F)(F)F)cc1. The smallest absolute Gasteiger partial charge is 0.433 e. The van der Waals surface area contributed by atoms with Crippen molar-refractivity contribution in [1.82, 2.24) is 0 Å². The maximum absolute atomic E-state index is 13.9. The Balaban J connectivity index is 1.91. The third-order valence-corrected chi connectivity index (χ3v) is 4.70. The van der Waals surface area contributed by atoms with E-state index < -0.39 is 11.9 Å². The number of benzene rings is 3. The molecule has 0 aromatic heterocycles. The minimum atomic E-state index is -4.59. The number of nitrogens with zero attached hydrogens (tertiary/aromatic N) is 1. The van der Waals surface area contributed by atoms with Crippen molar-refractivity contribution in [3.8, 4) is 11.5 Å². The first-order valence-electron chi connectivity index (χ1n) is 9.42. The summed E-state index contributed by atoms with van der Waals surface area (Å²) in [5.74, 6) is 1.30. The van der Waals surface area contributed by atoms with Gasteiger partial charge in [0.1, 0.15) is 11.5 Å². The highest BCUT2D eigenvalue weighted by Crippen LogP contribution is 2.29. The number of halogens is 3. The maximum atomic E-state index is 13.9. The van der Waals surface area contributed by atoms with Crippen LogP contribution in [0.5, 0.6) is 11.5 Å². The van der Waals surface area contributed by atoms with Gasteiger partial charge in [0.15, 0.2) is 5.71 Å². The maximum Gasteiger partial charge on any atom is 0.433 e. The fourth-order valence-corrected chi connectivity index (χ4v) is 3.10. The van der Waals surface area contributed by atoms with Crippen molar-refractivity contribution in [3.05, 3.63) is 89.5 Å². The predicted molar refractivity (Wildman–Crippen MR) is 112 cm³/mol. The lowest BCUT2D eigenvalue weighted by Gasteiger charge is -2.15. The molecule has 0 amide bonds. The van der Waals surface area contributed by atoms with E-state index in [1.165, 1.54) is 25.3 Å². The molecule has 6 heteroatoms. The van der Waals surface area contributed by atoms with Crippen LogP contribution in [-0.4, -0.2) is 26.1 Å². The Hall–Kier alpha value is -3.28. The summed E-state index contributed by atoms with van der Waals surface area (Å²) in [6.45, 7) is 0. The van der Waals surface area contributed by atoms with Gasteiger partial charge in [0.25, 0.3) is 0 Å². The Morgan fingerprint density at radius 1 is 0.767 bits per heavy atom. The average Bonchev–Trinajstić information content (AvgIpc) is 2.76. The number of rotatable bonds is 7. The number of aliphatic imine (C=N–C) groups is 1. The molecule has 156 valence electrons. The van der Waals surface area contributed by atoms with Gasteiger partial charge < -0.3 is 9.47 Å². The first kappa shape index (κ1) is 21.4. The van der Waals surface area contributed by atoms with Crippen molar-refractivity contribution < 1.29 is 22.6 Å². The van der Waals surface area contributed by atoms with E-state index in [9.17, 15) is 13.2 Å². The summed E-state index contributed by atoms with van der Waals surface area (Å²) in [4.78, 5) is 3.93. The van der Waals surface area contributed by atoms with Gasteiger partial charge >= 0.3 is 6.18 Å². The van der Waals surface area contributed by atoms with E-state index >= 15 is 0 Å². The lowest BCUT2D eigenvalue weighted by molar-refractivity contribution is -0.0580. The van der Waals surface area contributed by atoms with Crippen LogP contribution in [0.3, 0.4) is 0 Å². The summed E-state index contributed by atoms with van der Waals surface area (Å²) in [5, 5.41) is 0. The number of ether oxygens (including phenoxy) is 2. The van der Waals surface area contributed by atoms with Crippen LogP contribution in [0.25, 0.3) is 0 Å². The molecule has 0 aliphatic rings. The Bertz CT molecular complexity index is 994. The van der Waals surface area contributed by atoms with Crippen LogP contribution in [0.4, 0.5) is 18.9 Å². The molecule has 0 radical (unpaired) electrons. The molecular formula is C24H22F3NO2. The molecule has 0 aliphatic carbocycles. The summed E-state index contributed by atoms with van der Waals surface area (Å²) >= 11 is 0. The van der Waals surface area contributed by atoms with Gasteiger partial charge in [-0.3, -0.25) is 0 Å². The summed E-state index contributed by atoms with van der Waals surface area (Å²) in [5.41, 5.74) is 1.02. The van der Waals surface area contributed by atoms with Crippen LogP contribution in [-0.2, 0) is 12.8 Å². The van der Waals surface area contributed by atoms with Gasteiger partial charge in [-0.05, 0) is 60.4 Å². The average molecular weight is 413 g/mol. The Labute approximate surface area is 173 Å². The molecular weight excluding hydrogens is 391 g/mol. The van der Waals surface area contributed by atoms with Gasteiger partial charge in [-0.25, -0.2) is 4.99 Å². The number of alkyl halides is 3. The minimum absolute atomic E-state index is 0.0920. The van der Waals surface area contributed by atoms with E-state index in [1.54, 1.807) is 37.4 Å². The van der Waals surface area contributed by atoms with E-state index in [1.807, 2.05) is 24.3 Å². The minimum Gasteiger partial charge on any atom is -0.497 e. The van der Waals surface area contributed by atoms with Gasteiger partial charge in [0.05, 0.1) is 19.9 Å². The molecule has 3 aromatic rings. The van der Waals surface area contributed by atoms with Gasteiger partial charge in [-0.2, -0.15) is 13.2 Å². The predicted octanol–water partition coefficient (Wildman–Crippen LogP) is 6.17. The molecule has 30 heavy (non-hydrogen) atoms. The molecule has 3 rings (SSSR count). The zero-order valence-corrected chi connectivity index (χ0v) is 16.7. The largest absolute Gasteiger partial charge is 0.497 e. The highest BCUT2D eigenvalue weighted by Gasteiger charge is 2.37. The van der Waals surface area contributed by atoms with Gasteiger partial charge in [0.2, 0.25) is 0 Å². The van der Waals surface area contributed by atoms with Crippen LogP contribution in [0.15, 0.2) is 77.8 Å².